The minimum Gasteiger partial charge on any atom is -0.503 e. The molecule has 4 nitrogen and oxygen atoms in total. The van der Waals surface area contributed by atoms with Crippen LogP contribution in [0.1, 0.15) is 37.8 Å². The lowest BCUT2D eigenvalue weighted by Crippen LogP contribution is -2.26. The summed E-state index contributed by atoms with van der Waals surface area (Å²) in [5.41, 5.74) is 6.78. The van der Waals surface area contributed by atoms with Gasteiger partial charge in [0.2, 0.25) is 0 Å². The second kappa shape index (κ2) is 9.10. The van der Waals surface area contributed by atoms with Gasteiger partial charge < -0.3 is 20.7 Å². The molecule has 20 heavy (non-hydrogen) atoms. The first-order chi connectivity index (χ1) is 8.93. The van der Waals surface area contributed by atoms with Crippen LogP contribution >= 0.6 is 44.3 Å². The summed E-state index contributed by atoms with van der Waals surface area (Å²) in [6.07, 6.45) is 1.94. The van der Waals surface area contributed by atoms with Gasteiger partial charge in [-0.05, 0) is 49.9 Å². The summed E-state index contributed by atoms with van der Waals surface area (Å²) >= 11 is 6.66. The first kappa shape index (κ1) is 20.0. The molecular formula is C13H20Br2ClNO3. The fourth-order valence-electron chi connectivity index (χ4n) is 1.81. The maximum atomic E-state index is 10.1. The molecule has 0 aliphatic rings. The van der Waals surface area contributed by atoms with Crippen molar-refractivity contribution in [1.82, 2.24) is 0 Å². The van der Waals surface area contributed by atoms with Gasteiger partial charge in [0, 0.05) is 4.47 Å². The Bertz CT molecular complexity index is 446. The van der Waals surface area contributed by atoms with Gasteiger partial charge in [0.05, 0.1) is 23.7 Å². The summed E-state index contributed by atoms with van der Waals surface area (Å²) in [5.74, 6) is 0.330. The van der Waals surface area contributed by atoms with E-state index in [1.807, 2.05) is 0 Å². The van der Waals surface area contributed by atoms with E-state index in [2.05, 4.69) is 38.8 Å². The average molecular weight is 434 g/mol. The van der Waals surface area contributed by atoms with Crippen LogP contribution in [-0.2, 0) is 0 Å². The molecule has 116 valence electrons. The number of hydrogen-bond acceptors (Lipinski definition) is 4. The van der Waals surface area contributed by atoms with Crippen molar-refractivity contribution in [2.75, 3.05) is 7.11 Å². The lowest BCUT2D eigenvalue weighted by molar-refractivity contribution is 0.132. The molecule has 1 rings (SSSR count). The van der Waals surface area contributed by atoms with Crippen LogP contribution < -0.4 is 10.5 Å². The van der Waals surface area contributed by atoms with Gasteiger partial charge in [0.15, 0.2) is 11.5 Å². The predicted molar refractivity (Wildman–Crippen MR) is 89.8 cm³/mol. The molecule has 0 saturated carbocycles. The Balaban J connectivity index is 0.00000361. The van der Waals surface area contributed by atoms with Crippen LogP contribution in [0.4, 0.5) is 0 Å². The third kappa shape index (κ3) is 4.49. The van der Waals surface area contributed by atoms with E-state index in [1.54, 1.807) is 6.07 Å². The van der Waals surface area contributed by atoms with Gasteiger partial charge in [-0.2, -0.15) is 0 Å². The largest absolute Gasteiger partial charge is 0.503 e. The fourth-order valence-corrected chi connectivity index (χ4v) is 2.80. The number of aromatic hydroxyl groups is 1. The Kier molecular flexibility index (Phi) is 9.09. The topological polar surface area (TPSA) is 75.7 Å². The monoisotopic (exact) mass is 431 g/mol. The summed E-state index contributed by atoms with van der Waals surface area (Å²) in [4.78, 5) is 0. The van der Waals surface area contributed by atoms with Gasteiger partial charge in [-0.1, -0.05) is 19.8 Å². The molecule has 0 aromatic heterocycles. The van der Waals surface area contributed by atoms with E-state index in [0.29, 0.717) is 26.7 Å². The third-order valence-electron chi connectivity index (χ3n) is 3.02. The smallest absolute Gasteiger partial charge is 0.173 e. The van der Waals surface area contributed by atoms with Crippen molar-refractivity contribution in [3.05, 3.63) is 20.6 Å². The maximum Gasteiger partial charge on any atom is 0.173 e. The number of benzene rings is 1. The molecule has 4 N–H and O–H groups in total. The Morgan fingerprint density at radius 1 is 1.35 bits per heavy atom. The maximum absolute atomic E-state index is 10.1. The van der Waals surface area contributed by atoms with Gasteiger partial charge in [-0.3, -0.25) is 0 Å². The molecule has 0 aliphatic heterocycles. The van der Waals surface area contributed by atoms with Crippen molar-refractivity contribution in [2.45, 2.75) is 38.3 Å². The first-order valence-corrected chi connectivity index (χ1v) is 7.71. The van der Waals surface area contributed by atoms with E-state index >= 15 is 0 Å². The molecule has 0 heterocycles. The van der Waals surface area contributed by atoms with Gasteiger partial charge in [0.25, 0.3) is 0 Å². The highest BCUT2D eigenvalue weighted by Crippen LogP contribution is 2.43. The zero-order valence-corrected chi connectivity index (χ0v) is 15.4. The molecule has 0 aliphatic carbocycles. The van der Waals surface area contributed by atoms with Crippen LogP contribution in [0.15, 0.2) is 15.0 Å². The molecule has 0 saturated heterocycles. The Morgan fingerprint density at radius 3 is 2.45 bits per heavy atom. The van der Waals surface area contributed by atoms with E-state index in [0.717, 1.165) is 12.8 Å². The number of halogens is 3. The lowest BCUT2D eigenvalue weighted by Gasteiger charge is -2.22. The number of rotatable bonds is 6. The normalized spacial score (nSPS) is 13.5. The molecule has 0 spiro atoms. The van der Waals surface area contributed by atoms with Crippen LogP contribution in [0.25, 0.3) is 0 Å². The van der Waals surface area contributed by atoms with E-state index < -0.39 is 12.1 Å². The lowest BCUT2D eigenvalue weighted by atomic mass is 9.98. The van der Waals surface area contributed by atoms with E-state index in [1.165, 1.54) is 7.11 Å². The zero-order valence-electron chi connectivity index (χ0n) is 11.4. The van der Waals surface area contributed by atoms with Crippen LogP contribution in [0, 0.1) is 0 Å². The zero-order chi connectivity index (χ0) is 14.6. The van der Waals surface area contributed by atoms with Crippen molar-refractivity contribution in [2.24, 2.45) is 5.73 Å². The number of phenols is 1. The number of hydrogen-bond donors (Lipinski definition) is 3. The number of unbranched alkanes of at least 4 members (excludes halogenated alkanes) is 1. The van der Waals surface area contributed by atoms with Crippen LogP contribution in [0.5, 0.6) is 11.5 Å². The number of nitrogens with two attached hydrogens (primary N) is 1. The van der Waals surface area contributed by atoms with Crippen molar-refractivity contribution in [1.29, 1.82) is 0 Å². The molecule has 0 fully saturated rings. The minimum absolute atomic E-state index is 0. The molecule has 0 bridgehead atoms. The molecular weight excluding hydrogens is 413 g/mol. The second-order valence-corrected chi connectivity index (χ2v) is 5.97. The number of ether oxygens (including phenoxy) is 1. The average Bonchev–Trinajstić information content (AvgIpc) is 2.42. The fraction of sp³-hybridized carbons (Fsp3) is 0.538. The second-order valence-electron chi connectivity index (χ2n) is 4.38. The summed E-state index contributed by atoms with van der Waals surface area (Å²) in [7, 11) is 1.47. The number of methoxy groups -OCH3 is 1. The quantitative estimate of drug-likeness (QED) is 0.636. The molecule has 0 unspecified atom stereocenters. The SMILES string of the molecule is CCCC[C@H](O)[C@H](N)c1cc(OC)c(O)c(Br)c1Br.Cl. The number of aliphatic hydroxyl groups excluding tert-OH is 1. The summed E-state index contributed by atoms with van der Waals surface area (Å²) < 4.78 is 6.20. The van der Waals surface area contributed by atoms with E-state index in [-0.39, 0.29) is 18.2 Å². The third-order valence-corrected chi connectivity index (χ3v) is 5.18. The van der Waals surface area contributed by atoms with Crippen LogP contribution in [-0.4, -0.2) is 23.4 Å². The van der Waals surface area contributed by atoms with Gasteiger partial charge in [-0.15, -0.1) is 12.4 Å². The molecule has 7 heteroatoms. The van der Waals surface area contributed by atoms with E-state index in [9.17, 15) is 10.2 Å². The molecule has 0 amide bonds. The first-order valence-electron chi connectivity index (χ1n) is 6.12. The summed E-state index contributed by atoms with van der Waals surface area (Å²) in [6, 6.07) is 1.11. The Morgan fingerprint density at radius 2 is 1.95 bits per heavy atom. The Hall–Kier alpha value is -0.01000. The van der Waals surface area contributed by atoms with E-state index in [4.69, 9.17) is 10.5 Å². The Labute approximate surface area is 142 Å². The molecule has 2 atom stereocenters. The van der Waals surface area contributed by atoms with Crippen LogP contribution in [0.3, 0.4) is 0 Å². The van der Waals surface area contributed by atoms with Gasteiger partial charge >= 0.3 is 0 Å². The minimum atomic E-state index is -0.627. The van der Waals surface area contributed by atoms with Crippen molar-refractivity contribution in [3.8, 4) is 11.5 Å². The summed E-state index contributed by atoms with van der Waals surface area (Å²) in [6.45, 7) is 2.06. The van der Waals surface area contributed by atoms with Crippen molar-refractivity contribution >= 4 is 44.3 Å². The highest BCUT2D eigenvalue weighted by molar-refractivity contribution is 9.13. The van der Waals surface area contributed by atoms with Gasteiger partial charge in [0.1, 0.15) is 0 Å². The van der Waals surface area contributed by atoms with Crippen LogP contribution in [0.2, 0.25) is 0 Å². The predicted octanol–water partition coefficient (Wildman–Crippen LogP) is 3.90. The molecule has 0 radical (unpaired) electrons. The molecule has 1 aromatic carbocycles. The van der Waals surface area contributed by atoms with Crippen molar-refractivity contribution < 1.29 is 14.9 Å². The standard InChI is InChI=1S/C13H19Br2NO3.ClH/c1-3-4-5-8(17)12(16)7-6-9(19-2)13(18)11(15)10(7)14;/h6,8,12,17-18H,3-5,16H2,1-2H3;1H/t8-,12+;/m0./s1. The van der Waals surface area contributed by atoms with Crippen molar-refractivity contribution in [3.63, 3.8) is 0 Å². The summed E-state index contributed by atoms with van der Waals surface area (Å²) in [5, 5.41) is 19.9. The highest BCUT2D eigenvalue weighted by Gasteiger charge is 2.23. The number of phenolic OH excluding ortho intramolecular Hbond substituents is 1. The molecule has 1 aromatic rings. The van der Waals surface area contributed by atoms with Gasteiger partial charge in [-0.25, -0.2) is 0 Å². The highest BCUT2D eigenvalue weighted by atomic mass is 79.9. The number of aliphatic hydroxyl groups is 1.